The summed E-state index contributed by atoms with van der Waals surface area (Å²) < 4.78 is 32.3. The van der Waals surface area contributed by atoms with Crippen molar-refractivity contribution in [2.75, 3.05) is 25.5 Å². The molecule has 3 rings (SSSR count). The van der Waals surface area contributed by atoms with E-state index in [2.05, 4.69) is 5.32 Å². The van der Waals surface area contributed by atoms with Gasteiger partial charge in [0, 0.05) is 18.8 Å². The van der Waals surface area contributed by atoms with Crippen molar-refractivity contribution >= 4 is 21.6 Å². The third-order valence-corrected chi connectivity index (χ3v) is 6.62. The number of sulfonamides is 1. The number of ether oxygens (including phenoxy) is 1. The first-order valence-electron chi connectivity index (χ1n) is 8.92. The van der Waals surface area contributed by atoms with Crippen LogP contribution in [0.2, 0.25) is 0 Å². The number of anilines is 1. The Labute approximate surface area is 160 Å². The van der Waals surface area contributed by atoms with E-state index >= 15 is 0 Å². The van der Waals surface area contributed by atoms with Gasteiger partial charge in [-0.25, -0.2) is 8.42 Å². The minimum atomic E-state index is -3.64. The lowest BCUT2D eigenvalue weighted by Gasteiger charge is -2.31. The number of benzene rings is 2. The Morgan fingerprint density at radius 3 is 2.59 bits per heavy atom. The summed E-state index contributed by atoms with van der Waals surface area (Å²) in [6, 6.07) is 13.9. The van der Waals surface area contributed by atoms with E-state index < -0.39 is 10.0 Å². The maximum absolute atomic E-state index is 12.9. The van der Waals surface area contributed by atoms with E-state index in [1.54, 1.807) is 12.1 Å². The Kier molecular flexibility index (Phi) is 5.82. The Bertz CT molecular complexity index is 910. The molecule has 1 amide bonds. The number of methoxy groups -OCH3 is 1. The lowest BCUT2D eigenvalue weighted by Crippen LogP contribution is -2.43. The number of carbonyl (C=O) groups excluding carboxylic acids is 1. The van der Waals surface area contributed by atoms with Crippen LogP contribution >= 0.6 is 0 Å². The second-order valence-electron chi connectivity index (χ2n) is 6.74. The molecule has 1 atom stereocenters. The van der Waals surface area contributed by atoms with E-state index in [9.17, 15) is 13.2 Å². The highest BCUT2D eigenvalue weighted by Crippen LogP contribution is 2.26. The Hall–Kier alpha value is -2.38. The van der Waals surface area contributed by atoms with Gasteiger partial charge in [-0.1, -0.05) is 12.1 Å². The number of carbonyl (C=O) groups is 1. The van der Waals surface area contributed by atoms with Crippen molar-refractivity contribution in [1.82, 2.24) is 4.31 Å². The average molecular weight is 388 g/mol. The van der Waals surface area contributed by atoms with Gasteiger partial charge in [-0.15, -0.1) is 0 Å². The van der Waals surface area contributed by atoms with Gasteiger partial charge in [-0.05, 0) is 61.7 Å². The van der Waals surface area contributed by atoms with Gasteiger partial charge < -0.3 is 10.1 Å². The molecule has 0 aliphatic carbocycles. The van der Waals surface area contributed by atoms with Crippen LogP contribution < -0.4 is 10.1 Å². The van der Waals surface area contributed by atoms with E-state index in [0.717, 1.165) is 11.3 Å². The topological polar surface area (TPSA) is 75.7 Å². The van der Waals surface area contributed by atoms with Crippen LogP contribution in [0.1, 0.15) is 18.4 Å². The first-order chi connectivity index (χ1) is 12.9. The summed E-state index contributed by atoms with van der Waals surface area (Å²) in [6.07, 6.45) is 1.33. The molecule has 144 valence electrons. The van der Waals surface area contributed by atoms with Gasteiger partial charge in [0.2, 0.25) is 15.9 Å². The lowest BCUT2D eigenvalue weighted by atomic mass is 9.98. The molecule has 1 heterocycles. The number of nitrogens with one attached hydrogen (secondary N) is 1. The van der Waals surface area contributed by atoms with Crippen molar-refractivity contribution in [3.8, 4) is 5.75 Å². The monoisotopic (exact) mass is 388 g/mol. The summed E-state index contributed by atoms with van der Waals surface area (Å²) >= 11 is 0. The largest absolute Gasteiger partial charge is 0.497 e. The van der Waals surface area contributed by atoms with Gasteiger partial charge >= 0.3 is 0 Å². The average Bonchev–Trinajstić information content (AvgIpc) is 2.68. The zero-order valence-corrected chi connectivity index (χ0v) is 16.3. The number of rotatable bonds is 5. The Morgan fingerprint density at radius 2 is 1.93 bits per heavy atom. The van der Waals surface area contributed by atoms with Crippen molar-refractivity contribution in [1.29, 1.82) is 0 Å². The van der Waals surface area contributed by atoms with Crippen molar-refractivity contribution in [2.45, 2.75) is 24.7 Å². The van der Waals surface area contributed by atoms with Gasteiger partial charge in [-0.3, -0.25) is 4.79 Å². The fourth-order valence-electron chi connectivity index (χ4n) is 3.24. The van der Waals surface area contributed by atoms with Crippen LogP contribution in [0.15, 0.2) is 53.4 Å². The Balaban J connectivity index is 1.71. The smallest absolute Gasteiger partial charge is 0.243 e. The van der Waals surface area contributed by atoms with E-state index in [-0.39, 0.29) is 23.3 Å². The standard InChI is InChI=1S/C20H24N2O4S/c1-15-5-3-7-17(13-15)21-20(23)16-6-4-12-22(14-16)27(24,25)19-10-8-18(26-2)9-11-19/h3,5,7-11,13,16H,4,6,12,14H2,1-2H3,(H,21,23)/t16-/m0/s1. The first-order valence-corrected chi connectivity index (χ1v) is 10.4. The normalized spacial score (nSPS) is 18.1. The van der Waals surface area contributed by atoms with E-state index in [1.807, 2.05) is 31.2 Å². The number of amides is 1. The van der Waals surface area contributed by atoms with Crippen molar-refractivity contribution < 1.29 is 17.9 Å². The van der Waals surface area contributed by atoms with Gasteiger partial charge in [0.15, 0.2) is 0 Å². The van der Waals surface area contributed by atoms with Crippen LogP contribution in [0, 0.1) is 12.8 Å². The number of nitrogens with zero attached hydrogens (tertiary/aromatic N) is 1. The molecule has 2 aromatic carbocycles. The summed E-state index contributed by atoms with van der Waals surface area (Å²) in [4.78, 5) is 12.8. The number of aryl methyl sites for hydroxylation is 1. The Morgan fingerprint density at radius 1 is 1.19 bits per heavy atom. The van der Waals surface area contributed by atoms with Crippen LogP contribution in [0.3, 0.4) is 0 Å². The quantitative estimate of drug-likeness (QED) is 0.854. The van der Waals surface area contributed by atoms with Crippen LogP contribution in [0.4, 0.5) is 5.69 Å². The molecule has 0 saturated carbocycles. The zero-order chi connectivity index (χ0) is 19.4. The highest BCUT2D eigenvalue weighted by atomic mass is 32.2. The molecule has 0 spiro atoms. The summed E-state index contributed by atoms with van der Waals surface area (Å²) in [5.74, 6) is 0.0884. The number of hydrogen-bond acceptors (Lipinski definition) is 4. The van der Waals surface area contributed by atoms with Gasteiger partial charge in [0.25, 0.3) is 0 Å². The predicted molar refractivity (Wildman–Crippen MR) is 104 cm³/mol. The van der Waals surface area contributed by atoms with Crippen molar-refractivity contribution in [3.63, 3.8) is 0 Å². The van der Waals surface area contributed by atoms with Crippen molar-refractivity contribution in [3.05, 3.63) is 54.1 Å². The third-order valence-electron chi connectivity index (χ3n) is 4.74. The fourth-order valence-corrected chi connectivity index (χ4v) is 4.76. The molecule has 1 saturated heterocycles. The molecule has 1 aliphatic heterocycles. The third kappa shape index (κ3) is 4.48. The minimum absolute atomic E-state index is 0.143. The molecular weight excluding hydrogens is 364 g/mol. The molecule has 1 fully saturated rings. The van der Waals surface area contributed by atoms with E-state index in [1.165, 1.54) is 23.5 Å². The number of piperidine rings is 1. The van der Waals surface area contributed by atoms with E-state index in [0.29, 0.717) is 25.1 Å². The van der Waals surface area contributed by atoms with Gasteiger partial charge in [0.05, 0.1) is 17.9 Å². The van der Waals surface area contributed by atoms with Gasteiger partial charge in [0.1, 0.15) is 5.75 Å². The second kappa shape index (κ2) is 8.10. The summed E-state index contributed by atoms with van der Waals surface area (Å²) in [6.45, 7) is 2.56. The zero-order valence-electron chi connectivity index (χ0n) is 15.5. The molecule has 0 radical (unpaired) electrons. The van der Waals surface area contributed by atoms with E-state index in [4.69, 9.17) is 4.74 Å². The molecule has 7 heteroatoms. The molecule has 0 bridgehead atoms. The number of hydrogen-bond donors (Lipinski definition) is 1. The minimum Gasteiger partial charge on any atom is -0.497 e. The molecular formula is C20H24N2O4S. The molecule has 0 aromatic heterocycles. The summed E-state index contributed by atoms with van der Waals surface area (Å²) in [5.41, 5.74) is 1.79. The van der Waals surface area contributed by atoms with Crippen LogP contribution in [-0.4, -0.2) is 38.8 Å². The SMILES string of the molecule is COc1ccc(S(=O)(=O)N2CCC[C@H](C(=O)Nc3cccc(C)c3)C2)cc1. The molecule has 1 N–H and O–H groups in total. The molecule has 27 heavy (non-hydrogen) atoms. The molecule has 2 aromatic rings. The fraction of sp³-hybridized carbons (Fsp3) is 0.350. The highest BCUT2D eigenvalue weighted by molar-refractivity contribution is 7.89. The van der Waals surface area contributed by atoms with Crippen LogP contribution in [0.25, 0.3) is 0 Å². The molecule has 6 nitrogen and oxygen atoms in total. The van der Waals surface area contributed by atoms with Crippen LogP contribution in [0.5, 0.6) is 5.75 Å². The second-order valence-corrected chi connectivity index (χ2v) is 8.67. The maximum atomic E-state index is 12.9. The summed E-state index contributed by atoms with van der Waals surface area (Å²) in [5, 5.41) is 2.90. The van der Waals surface area contributed by atoms with Crippen molar-refractivity contribution in [2.24, 2.45) is 5.92 Å². The maximum Gasteiger partial charge on any atom is 0.243 e. The lowest BCUT2D eigenvalue weighted by molar-refractivity contribution is -0.120. The van der Waals surface area contributed by atoms with Crippen LogP contribution in [-0.2, 0) is 14.8 Å². The highest BCUT2D eigenvalue weighted by Gasteiger charge is 2.33. The predicted octanol–water partition coefficient (Wildman–Crippen LogP) is 3.04. The molecule has 0 unspecified atom stereocenters. The molecule has 1 aliphatic rings. The first kappa shape index (κ1) is 19.4. The summed E-state index contributed by atoms with van der Waals surface area (Å²) in [7, 11) is -2.10. The van der Waals surface area contributed by atoms with Gasteiger partial charge in [-0.2, -0.15) is 4.31 Å².